The lowest BCUT2D eigenvalue weighted by molar-refractivity contribution is 0.316. The van der Waals surface area contributed by atoms with Crippen molar-refractivity contribution in [3.8, 4) is 17.4 Å². The molecule has 0 amide bonds. The molecule has 0 atom stereocenters. The highest BCUT2D eigenvalue weighted by atomic mass is 16.5. The lowest BCUT2D eigenvalue weighted by Crippen LogP contribution is -1.97. The molecule has 4 nitrogen and oxygen atoms in total. The van der Waals surface area contributed by atoms with Gasteiger partial charge in [0.25, 0.3) is 5.88 Å². The Morgan fingerprint density at radius 3 is 2.78 bits per heavy atom. The van der Waals surface area contributed by atoms with Crippen LogP contribution in [0.1, 0.15) is 12.5 Å². The fourth-order valence-corrected chi connectivity index (χ4v) is 1.61. The molecule has 0 fully saturated rings. The third kappa shape index (κ3) is 2.71. The van der Waals surface area contributed by atoms with Crippen LogP contribution < -0.4 is 15.2 Å². The first-order valence-electron chi connectivity index (χ1n) is 5.82. The van der Waals surface area contributed by atoms with Gasteiger partial charge in [0.2, 0.25) is 0 Å². The molecular formula is C14H16N2O2. The summed E-state index contributed by atoms with van der Waals surface area (Å²) in [4.78, 5) is 4.18. The first kappa shape index (κ1) is 12.2. The van der Waals surface area contributed by atoms with Gasteiger partial charge in [0.05, 0.1) is 6.61 Å². The van der Waals surface area contributed by atoms with E-state index in [0.29, 0.717) is 23.9 Å². The molecule has 0 saturated heterocycles. The molecule has 94 valence electrons. The fourth-order valence-electron chi connectivity index (χ4n) is 1.61. The van der Waals surface area contributed by atoms with Crippen LogP contribution in [0.15, 0.2) is 36.5 Å². The fraction of sp³-hybridized carbons (Fsp3) is 0.214. The average molecular weight is 244 g/mol. The number of aryl methyl sites for hydroxylation is 1. The van der Waals surface area contributed by atoms with Crippen LogP contribution in [0, 0.1) is 6.92 Å². The lowest BCUT2D eigenvalue weighted by atomic mass is 10.2. The smallest absolute Gasteiger partial charge is 0.262 e. The number of aromatic nitrogens is 1. The van der Waals surface area contributed by atoms with Crippen molar-refractivity contribution >= 4 is 5.69 Å². The maximum atomic E-state index is 5.76. The van der Waals surface area contributed by atoms with Crippen LogP contribution in [0.2, 0.25) is 0 Å². The standard InChI is InChI=1S/C14H16N2O2/c1-3-17-13-5-4-8-16-14(13)18-12-7-6-11(15)9-10(12)2/h4-9H,3,15H2,1-2H3. The van der Waals surface area contributed by atoms with E-state index in [-0.39, 0.29) is 0 Å². The van der Waals surface area contributed by atoms with Crippen molar-refractivity contribution in [3.63, 3.8) is 0 Å². The minimum absolute atomic E-state index is 0.465. The predicted molar refractivity (Wildman–Crippen MR) is 71.1 cm³/mol. The molecule has 4 heteroatoms. The van der Waals surface area contributed by atoms with E-state index in [1.165, 1.54) is 0 Å². The zero-order valence-corrected chi connectivity index (χ0v) is 10.5. The van der Waals surface area contributed by atoms with Gasteiger partial charge in [0.15, 0.2) is 5.75 Å². The largest absolute Gasteiger partial charge is 0.488 e. The molecule has 0 aliphatic rings. The summed E-state index contributed by atoms with van der Waals surface area (Å²) in [5.41, 5.74) is 7.38. The van der Waals surface area contributed by atoms with Gasteiger partial charge < -0.3 is 15.2 Å². The maximum absolute atomic E-state index is 5.76. The van der Waals surface area contributed by atoms with Crippen molar-refractivity contribution in [2.45, 2.75) is 13.8 Å². The molecule has 1 aromatic carbocycles. The van der Waals surface area contributed by atoms with E-state index in [4.69, 9.17) is 15.2 Å². The molecule has 1 heterocycles. The van der Waals surface area contributed by atoms with Gasteiger partial charge in [0, 0.05) is 11.9 Å². The normalized spacial score (nSPS) is 10.1. The van der Waals surface area contributed by atoms with E-state index < -0.39 is 0 Å². The van der Waals surface area contributed by atoms with E-state index in [1.54, 1.807) is 12.3 Å². The number of nitrogens with zero attached hydrogens (tertiary/aromatic N) is 1. The van der Waals surface area contributed by atoms with Gasteiger partial charge in [-0.15, -0.1) is 0 Å². The number of nitrogens with two attached hydrogens (primary N) is 1. The number of nitrogen functional groups attached to an aromatic ring is 1. The quantitative estimate of drug-likeness (QED) is 0.839. The van der Waals surface area contributed by atoms with Crippen molar-refractivity contribution in [1.29, 1.82) is 0 Å². The molecule has 18 heavy (non-hydrogen) atoms. The van der Waals surface area contributed by atoms with E-state index in [9.17, 15) is 0 Å². The molecule has 0 saturated carbocycles. The number of anilines is 1. The van der Waals surface area contributed by atoms with Crippen LogP contribution in [0.5, 0.6) is 17.4 Å². The average Bonchev–Trinajstić information content (AvgIpc) is 2.35. The molecule has 0 spiro atoms. The molecule has 2 N–H and O–H groups in total. The number of rotatable bonds is 4. The first-order valence-corrected chi connectivity index (χ1v) is 5.82. The third-order valence-corrected chi connectivity index (χ3v) is 2.44. The molecule has 0 unspecified atom stereocenters. The second-order valence-electron chi connectivity index (χ2n) is 3.87. The van der Waals surface area contributed by atoms with Crippen molar-refractivity contribution in [3.05, 3.63) is 42.1 Å². The van der Waals surface area contributed by atoms with E-state index in [1.807, 2.05) is 38.1 Å². The van der Waals surface area contributed by atoms with Crippen molar-refractivity contribution in [2.24, 2.45) is 0 Å². The molecule has 0 aliphatic carbocycles. The topological polar surface area (TPSA) is 57.4 Å². The Balaban J connectivity index is 2.28. The molecule has 2 rings (SSSR count). The molecular weight excluding hydrogens is 228 g/mol. The summed E-state index contributed by atoms with van der Waals surface area (Å²) in [6, 6.07) is 9.13. The number of pyridine rings is 1. The summed E-state index contributed by atoms with van der Waals surface area (Å²) in [6.45, 7) is 4.43. The second-order valence-corrected chi connectivity index (χ2v) is 3.87. The third-order valence-electron chi connectivity index (χ3n) is 2.44. The van der Waals surface area contributed by atoms with Crippen LogP contribution in [-0.2, 0) is 0 Å². The summed E-state index contributed by atoms with van der Waals surface area (Å²) in [6.07, 6.45) is 1.67. The number of benzene rings is 1. The Kier molecular flexibility index (Phi) is 3.67. The summed E-state index contributed by atoms with van der Waals surface area (Å²) >= 11 is 0. The molecule has 1 aromatic heterocycles. The van der Waals surface area contributed by atoms with Gasteiger partial charge in [0.1, 0.15) is 5.75 Å². The number of hydrogen-bond donors (Lipinski definition) is 1. The van der Waals surface area contributed by atoms with Crippen molar-refractivity contribution in [2.75, 3.05) is 12.3 Å². The molecule has 0 radical (unpaired) electrons. The second kappa shape index (κ2) is 5.40. The van der Waals surface area contributed by atoms with Gasteiger partial charge in [-0.3, -0.25) is 0 Å². The van der Waals surface area contributed by atoms with Crippen molar-refractivity contribution < 1.29 is 9.47 Å². The monoisotopic (exact) mass is 244 g/mol. The predicted octanol–water partition coefficient (Wildman–Crippen LogP) is 3.16. The Labute approximate surface area is 106 Å². The van der Waals surface area contributed by atoms with Gasteiger partial charge in [-0.05, 0) is 49.7 Å². The van der Waals surface area contributed by atoms with Gasteiger partial charge in [-0.25, -0.2) is 4.98 Å². The minimum atomic E-state index is 0.465. The Bertz CT molecular complexity index is 541. The van der Waals surface area contributed by atoms with E-state index in [0.717, 1.165) is 11.3 Å². The van der Waals surface area contributed by atoms with Gasteiger partial charge in [-0.2, -0.15) is 0 Å². The van der Waals surface area contributed by atoms with Gasteiger partial charge >= 0.3 is 0 Å². The molecule has 0 aliphatic heterocycles. The zero-order valence-electron chi connectivity index (χ0n) is 10.5. The summed E-state index contributed by atoms with van der Waals surface area (Å²) in [5.74, 6) is 1.83. The number of hydrogen-bond acceptors (Lipinski definition) is 4. The van der Waals surface area contributed by atoms with E-state index in [2.05, 4.69) is 4.98 Å². The Hall–Kier alpha value is -2.23. The summed E-state index contributed by atoms with van der Waals surface area (Å²) in [7, 11) is 0. The molecule has 2 aromatic rings. The number of ether oxygens (including phenoxy) is 2. The lowest BCUT2D eigenvalue weighted by Gasteiger charge is -2.11. The first-order chi connectivity index (χ1) is 8.70. The van der Waals surface area contributed by atoms with Crippen LogP contribution in [0.25, 0.3) is 0 Å². The van der Waals surface area contributed by atoms with Crippen molar-refractivity contribution in [1.82, 2.24) is 4.98 Å². The van der Waals surface area contributed by atoms with Crippen LogP contribution in [0.3, 0.4) is 0 Å². The van der Waals surface area contributed by atoms with Crippen LogP contribution in [0.4, 0.5) is 5.69 Å². The zero-order chi connectivity index (χ0) is 13.0. The molecule has 0 bridgehead atoms. The van der Waals surface area contributed by atoms with Crippen LogP contribution >= 0.6 is 0 Å². The summed E-state index contributed by atoms with van der Waals surface area (Å²) < 4.78 is 11.2. The van der Waals surface area contributed by atoms with E-state index >= 15 is 0 Å². The van der Waals surface area contributed by atoms with Gasteiger partial charge in [-0.1, -0.05) is 0 Å². The summed E-state index contributed by atoms with van der Waals surface area (Å²) in [5, 5.41) is 0. The highest BCUT2D eigenvalue weighted by Gasteiger charge is 2.08. The van der Waals surface area contributed by atoms with Crippen LogP contribution in [-0.4, -0.2) is 11.6 Å². The SMILES string of the molecule is CCOc1cccnc1Oc1ccc(N)cc1C. The Morgan fingerprint density at radius 1 is 1.22 bits per heavy atom. The highest BCUT2D eigenvalue weighted by molar-refractivity contribution is 5.49. The highest BCUT2D eigenvalue weighted by Crippen LogP contribution is 2.31. The maximum Gasteiger partial charge on any atom is 0.262 e. The Morgan fingerprint density at radius 2 is 2.06 bits per heavy atom. The minimum Gasteiger partial charge on any atom is -0.488 e.